The van der Waals surface area contributed by atoms with Crippen molar-refractivity contribution in [3.8, 4) is 5.69 Å². The molecule has 2 aromatic heterocycles. The Morgan fingerprint density at radius 3 is 2.36 bits per heavy atom. The van der Waals surface area contributed by atoms with Crippen molar-refractivity contribution >= 4 is 39.8 Å². The maximum Gasteiger partial charge on any atom is 0.282 e. The van der Waals surface area contributed by atoms with Gasteiger partial charge in [0.05, 0.1) is 21.8 Å². The minimum absolute atomic E-state index is 0.321. The summed E-state index contributed by atoms with van der Waals surface area (Å²) in [5.41, 5.74) is 4.49. The van der Waals surface area contributed by atoms with E-state index in [-0.39, 0.29) is 5.56 Å². The van der Waals surface area contributed by atoms with E-state index in [0.717, 1.165) is 37.4 Å². The number of fused-ring (bicyclic) bond motifs is 1. The molecule has 1 N–H and O–H groups in total. The van der Waals surface area contributed by atoms with Crippen LogP contribution in [0, 0.1) is 0 Å². The van der Waals surface area contributed by atoms with Crippen LogP contribution in [0.1, 0.15) is 11.3 Å². The van der Waals surface area contributed by atoms with Crippen LogP contribution in [0.25, 0.3) is 16.6 Å². The standard InChI is InChI=1S/C30H28ClN7O/c1-36-15-17-37(18-16-36)23-13-11-22(12-14-23)33-30-32-20-24-28(34-30)26(19-21-7-3-2-4-8-21)35-38(29(24)39)27-10-6-5-9-25(27)31/h2-14,20H,15-19H2,1H3,(H,32,33,34). The number of likely N-dealkylation sites (N-methyl/N-ethyl adjacent to an activating group) is 1. The first-order valence-electron chi connectivity index (χ1n) is 12.9. The van der Waals surface area contributed by atoms with Crippen LogP contribution >= 0.6 is 11.6 Å². The summed E-state index contributed by atoms with van der Waals surface area (Å²) < 4.78 is 1.34. The number of hydrogen-bond acceptors (Lipinski definition) is 7. The Bertz CT molecular complexity index is 1660. The van der Waals surface area contributed by atoms with Gasteiger partial charge in [-0.3, -0.25) is 4.79 Å². The Morgan fingerprint density at radius 2 is 1.62 bits per heavy atom. The molecule has 0 atom stereocenters. The van der Waals surface area contributed by atoms with Crippen LogP contribution in [0.3, 0.4) is 0 Å². The first-order chi connectivity index (χ1) is 19.0. The van der Waals surface area contributed by atoms with E-state index in [4.69, 9.17) is 21.7 Å². The number of para-hydroxylation sites is 1. The molecule has 3 heterocycles. The second-order valence-electron chi connectivity index (χ2n) is 9.70. The second kappa shape index (κ2) is 10.8. The smallest absolute Gasteiger partial charge is 0.282 e. The van der Waals surface area contributed by atoms with Gasteiger partial charge < -0.3 is 15.1 Å². The van der Waals surface area contributed by atoms with Gasteiger partial charge in [0.1, 0.15) is 5.52 Å². The third kappa shape index (κ3) is 5.34. The maximum atomic E-state index is 13.5. The summed E-state index contributed by atoms with van der Waals surface area (Å²) in [6, 6.07) is 25.4. The first kappa shape index (κ1) is 25.0. The first-order valence-corrected chi connectivity index (χ1v) is 13.3. The minimum Gasteiger partial charge on any atom is -0.369 e. The van der Waals surface area contributed by atoms with Crippen molar-refractivity contribution in [1.29, 1.82) is 0 Å². The number of halogens is 1. The molecule has 6 rings (SSSR count). The SMILES string of the molecule is CN1CCN(c2ccc(Nc3ncc4c(=O)n(-c5ccccc5Cl)nc(Cc5ccccc5)c4n3)cc2)CC1. The molecule has 1 aliphatic rings. The van der Waals surface area contributed by atoms with Gasteiger partial charge >= 0.3 is 0 Å². The molecule has 196 valence electrons. The van der Waals surface area contributed by atoms with E-state index in [1.165, 1.54) is 10.4 Å². The number of nitrogens with one attached hydrogen (secondary N) is 1. The molecule has 8 nitrogen and oxygen atoms in total. The minimum atomic E-state index is -0.321. The third-order valence-corrected chi connectivity index (χ3v) is 7.31. The highest BCUT2D eigenvalue weighted by Gasteiger charge is 2.17. The van der Waals surface area contributed by atoms with Gasteiger partial charge in [-0.25, -0.2) is 9.97 Å². The van der Waals surface area contributed by atoms with E-state index in [1.807, 2.05) is 54.6 Å². The Morgan fingerprint density at radius 1 is 0.897 bits per heavy atom. The Hall–Kier alpha value is -4.27. The van der Waals surface area contributed by atoms with Crippen molar-refractivity contribution in [3.05, 3.63) is 112 Å². The molecule has 0 unspecified atom stereocenters. The van der Waals surface area contributed by atoms with Crippen LogP contribution in [0.5, 0.6) is 0 Å². The zero-order valence-corrected chi connectivity index (χ0v) is 22.3. The molecular formula is C30H28ClN7O. The highest BCUT2D eigenvalue weighted by molar-refractivity contribution is 6.32. The van der Waals surface area contributed by atoms with E-state index in [9.17, 15) is 4.79 Å². The quantitative estimate of drug-likeness (QED) is 0.329. The Kier molecular flexibility index (Phi) is 6.96. The molecule has 0 aliphatic carbocycles. The average Bonchev–Trinajstić information content (AvgIpc) is 2.96. The lowest BCUT2D eigenvalue weighted by molar-refractivity contribution is 0.313. The van der Waals surface area contributed by atoms with Gasteiger partial charge in [-0.1, -0.05) is 54.1 Å². The predicted octanol–water partition coefficient (Wildman–Crippen LogP) is 4.92. The zero-order valence-electron chi connectivity index (χ0n) is 21.6. The summed E-state index contributed by atoms with van der Waals surface area (Å²) in [7, 11) is 2.15. The van der Waals surface area contributed by atoms with E-state index < -0.39 is 0 Å². The lowest BCUT2D eigenvalue weighted by atomic mass is 10.1. The summed E-state index contributed by atoms with van der Waals surface area (Å²) in [4.78, 5) is 27.5. The molecule has 1 aliphatic heterocycles. The molecule has 5 aromatic rings. The lowest BCUT2D eigenvalue weighted by Crippen LogP contribution is -2.44. The van der Waals surface area contributed by atoms with Crippen LogP contribution < -0.4 is 15.8 Å². The largest absolute Gasteiger partial charge is 0.369 e. The average molecular weight is 538 g/mol. The van der Waals surface area contributed by atoms with Crippen molar-refractivity contribution in [2.24, 2.45) is 0 Å². The summed E-state index contributed by atoms with van der Waals surface area (Å²) in [6.45, 7) is 4.14. The highest BCUT2D eigenvalue weighted by atomic mass is 35.5. The van der Waals surface area contributed by atoms with E-state index in [2.05, 4.69) is 39.3 Å². The molecule has 39 heavy (non-hydrogen) atoms. The van der Waals surface area contributed by atoms with E-state index >= 15 is 0 Å². The van der Waals surface area contributed by atoms with Crippen LogP contribution in [0.2, 0.25) is 5.02 Å². The van der Waals surface area contributed by atoms with Gasteiger partial charge in [-0.05, 0) is 49.0 Å². The van der Waals surface area contributed by atoms with Crippen LogP contribution in [0.4, 0.5) is 17.3 Å². The monoisotopic (exact) mass is 537 g/mol. The number of aromatic nitrogens is 4. The molecule has 0 spiro atoms. The molecule has 9 heteroatoms. The number of anilines is 3. The van der Waals surface area contributed by atoms with Gasteiger partial charge in [0.25, 0.3) is 5.56 Å². The zero-order chi connectivity index (χ0) is 26.8. The number of piperazine rings is 1. The van der Waals surface area contributed by atoms with Gasteiger partial charge in [-0.15, -0.1) is 0 Å². The van der Waals surface area contributed by atoms with Gasteiger partial charge in [0.15, 0.2) is 0 Å². The fraction of sp³-hybridized carbons (Fsp3) is 0.200. The molecular weight excluding hydrogens is 510 g/mol. The van der Waals surface area contributed by atoms with Gasteiger partial charge in [-0.2, -0.15) is 9.78 Å². The number of rotatable bonds is 6. The Balaban J connectivity index is 1.36. The van der Waals surface area contributed by atoms with Crippen molar-refractivity contribution in [3.63, 3.8) is 0 Å². The predicted molar refractivity (Wildman–Crippen MR) is 157 cm³/mol. The van der Waals surface area contributed by atoms with Crippen LogP contribution in [0.15, 0.2) is 89.9 Å². The lowest BCUT2D eigenvalue weighted by Gasteiger charge is -2.34. The molecule has 0 amide bonds. The van der Waals surface area contributed by atoms with Crippen molar-refractivity contribution in [2.75, 3.05) is 43.4 Å². The highest BCUT2D eigenvalue weighted by Crippen LogP contribution is 2.24. The summed E-state index contributed by atoms with van der Waals surface area (Å²) in [6.07, 6.45) is 2.06. The van der Waals surface area contributed by atoms with Crippen molar-refractivity contribution in [1.82, 2.24) is 24.6 Å². The molecule has 0 bridgehead atoms. The normalized spacial score (nSPS) is 14.1. The maximum absolute atomic E-state index is 13.5. The van der Waals surface area contributed by atoms with Gasteiger partial charge in [0.2, 0.25) is 5.95 Å². The van der Waals surface area contributed by atoms with Crippen molar-refractivity contribution in [2.45, 2.75) is 6.42 Å². The fourth-order valence-electron chi connectivity index (χ4n) is 4.79. The molecule has 0 saturated carbocycles. The summed E-state index contributed by atoms with van der Waals surface area (Å²) >= 11 is 6.43. The fourth-order valence-corrected chi connectivity index (χ4v) is 5.01. The second-order valence-corrected chi connectivity index (χ2v) is 10.1. The van der Waals surface area contributed by atoms with Crippen LogP contribution in [-0.4, -0.2) is 57.9 Å². The van der Waals surface area contributed by atoms with E-state index in [0.29, 0.717) is 39.7 Å². The van der Waals surface area contributed by atoms with Crippen molar-refractivity contribution < 1.29 is 0 Å². The van der Waals surface area contributed by atoms with Crippen LogP contribution in [-0.2, 0) is 6.42 Å². The van der Waals surface area contributed by atoms with E-state index in [1.54, 1.807) is 18.3 Å². The summed E-state index contributed by atoms with van der Waals surface area (Å²) in [5, 5.41) is 8.85. The number of hydrogen-bond donors (Lipinski definition) is 1. The summed E-state index contributed by atoms with van der Waals surface area (Å²) in [5.74, 6) is 0.404. The topological polar surface area (TPSA) is 79.2 Å². The molecule has 1 fully saturated rings. The molecule has 1 saturated heterocycles. The molecule has 3 aromatic carbocycles. The molecule has 0 radical (unpaired) electrons. The van der Waals surface area contributed by atoms with Gasteiger partial charge in [0, 0.05) is 50.2 Å². The number of benzene rings is 3. The number of nitrogens with zero attached hydrogens (tertiary/aromatic N) is 6. The third-order valence-electron chi connectivity index (χ3n) is 6.99. The Labute approximate surface area is 231 Å².